The molecule has 2 rings (SSSR count). The Hall–Kier alpha value is 0.620. The topological polar surface area (TPSA) is 12.0 Å². The Balaban J connectivity index is 1.94. The lowest BCUT2D eigenvalue weighted by atomic mass is 9.98. The van der Waals surface area contributed by atoms with E-state index in [1.165, 1.54) is 51.7 Å². The van der Waals surface area contributed by atoms with Gasteiger partial charge in [0.2, 0.25) is 0 Å². The van der Waals surface area contributed by atoms with Crippen LogP contribution in [-0.2, 0) is 0 Å². The van der Waals surface area contributed by atoms with Crippen LogP contribution in [0.1, 0.15) is 56.4 Å². The molecule has 0 bridgehead atoms. The minimum absolute atomic E-state index is 0.531. The second kappa shape index (κ2) is 7.41. The predicted octanol–water partition coefficient (Wildman–Crippen LogP) is 5.89. The molecule has 1 aromatic rings. The predicted molar refractivity (Wildman–Crippen MR) is 87.3 cm³/mol. The van der Waals surface area contributed by atoms with Gasteiger partial charge in [0.1, 0.15) is 0 Å². The molecule has 1 nitrogen and oxygen atoms in total. The van der Waals surface area contributed by atoms with Gasteiger partial charge in [-0.3, -0.25) is 0 Å². The number of nitrogens with one attached hydrogen (secondary N) is 1. The molecule has 18 heavy (non-hydrogen) atoms. The fraction of sp³-hybridized carbons (Fsp3) is 0.714. The quantitative estimate of drug-likeness (QED) is 0.633. The van der Waals surface area contributed by atoms with Crippen LogP contribution in [0.3, 0.4) is 0 Å². The Labute approximate surface area is 131 Å². The Morgan fingerprint density at radius 1 is 1.39 bits per heavy atom. The maximum atomic E-state index is 3.63. The molecule has 0 radical (unpaired) electrons. The average Bonchev–Trinajstić information content (AvgIpc) is 2.96. The molecular weight excluding hydrogens is 374 g/mol. The van der Waals surface area contributed by atoms with Crippen LogP contribution in [0.2, 0.25) is 0 Å². The van der Waals surface area contributed by atoms with Gasteiger partial charge in [-0.15, -0.1) is 11.3 Å². The summed E-state index contributed by atoms with van der Waals surface area (Å²) < 4.78 is 2.40. The van der Waals surface area contributed by atoms with Crippen molar-refractivity contribution in [2.75, 3.05) is 6.54 Å². The standard InChI is InChI=1S/C14H21Br2NS/c1-2-17-12(8-7-10-5-3-4-6-10)13-9-11(15)14(16)18-13/h9-10,12,17H,2-8H2,1H3. The van der Waals surface area contributed by atoms with Crippen LogP contribution in [0.15, 0.2) is 14.3 Å². The summed E-state index contributed by atoms with van der Waals surface area (Å²) in [5.74, 6) is 0.984. The number of rotatable bonds is 6. The Kier molecular flexibility index (Phi) is 6.19. The van der Waals surface area contributed by atoms with Gasteiger partial charge in [0.05, 0.1) is 3.79 Å². The summed E-state index contributed by atoms with van der Waals surface area (Å²) in [5, 5.41) is 3.63. The van der Waals surface area contributed by atoms with Gasteiger partial charge in [0.15, 0.2) is 0 Å². The van der Waals surface area contributed by atoms with Crippen LogP contribution in [0.5, 0.6) is 0 Å². The third kappa shape index (κ3) is 4.06. The van der Waals surface area contributed by atoms with Gasteiger partial charge in [-0.25, -0.2) is 0 Å². The van der Waals surface area contributed by atoms with Crippen LogP contribution < -0.4 is 5.32 Å². The third-order valence-corrected chi connectivity index (χ3v) is 7.17. The zero-order chi connectivity index (χ0) is 13.0. The van der Waals surface area contributed by atoms with E-state index in [9.17, 15) is 0 Å². The van der Waals surface area contributed by atoms with E-state index in [-0.39, 0.29) is 0 Å². The van der Waals surface area contributed by atoms with Crippen molar-refractivity contribution in [1.29, 1.82) is 0 Å². The van der Waals surface area contributed by atoms with E-state index in [2.05, 4.69) is 50.2 Å². The van der Waals surface area contributed by atoms with E-state index in [4.69, 9.17) is 0 Å². The van der Waals surface area contributed by atoms with Crippen molar-refractivity contribution in [3.05, 3.63) is 19.2 Å². The van der Waals surface area contributed by atoms with E-state index in [0.29, 0.717) is 6.04 Å². The summed E-state index contributed by atoms with van der Waals surface area (Å²) in [6.45, 7) is 3.24. The number of halogens is 2. The van der Waals surface area contributed by atoms with Gasteiger partial charge in [-0.05, 0) is 63.2 Å². The van der Waals surface area contributed by atoms with Crippen molar-refractivity contribution in [3.8, 4) is 0 Å². The lowest BCUT2D eigenvalue weighted by Crippen LogP contribution is -2.20. The highest BCUT2D eigenvalue weighted by molar-refractivity contribution is 9.13. The van der Waals surface area contributed by atoms with Crippen LogP contribution in [0, 0.1) is 5.92 Å². The smallest absolute Gasteiger partial charge is 0.0843 e. The maximum absolute atomic E-state index is 3.63. The molecule has 1 fully saturated rings. The van der Waals surface area contributed by atoms with E-state index in [1.807, 2.05) is 11.3 Å². The summed E-state index contributed by atoms with van der Waals surface area (Å²) in [5.41, 5.74) is 0. The van der Waals surface area contributed by atoms with Crippen LogP contribution in [0.25, 0.3) is 0 Å². The highest BCUT2D eigenvalue weighted by Crippen LogP contribution is 2.38. The van der Waals surface area contributed by atoms with Crippen molar-refractivity contribution in [3.63, 3.8) is 0 Å². The third-order valence-electron chi connectivity index (χ3n) is 3.80. The first-order valence-corrected chi connectivity index (χ1v) is 9.29. The van der Waals surface area contributed by atoms with Gasteiger partial charge >= 0.3 is 0 Å². The number of hydrogen-bond donors (Lipinski definition) is 1. The molecule has 1 atom stereocenters. The van der Waals surface area contributed by atoms with Gasteiger partial charge in [0, 0.05) is 15.4 Å². The first-order valence-electron chi connectivity index (χ1n) is 6.88. The molecule has 0 spiro atoms. The van der Waals surface area contributed by atoms with Gasteiger partial charge < -0.3 is 5.32 Å². The molecular formula is C14H21Br2NS. The van der Waals surface area contributed by atoms with Crippen molar-refractivity contribution in [1.82, 2.24) is 5.32 Å². The molecule has 1 unspecified atom stereocenters. The van der Waals surface area contributed by atoms with Gasteiger partial charge in [-0.2, -0.15) is 0 Å². The van der Waals surface area contributed by atoms with Crippen molar-refractivity contribution in [2.24, 2.45) is 5.92 Å². The molecule has 1 aromatic heterocycles. The molecule has 1 aliphatic rings. The summed E-state index contributed by atoms with van der Waals surface area (Å²) in [6.07, 6.45) is 8.47. The van der Waals surface area contributed by atoms with Gasteiger partial charge in [-0.1, -0.05) is 32.6 Å². The van der Waals surface area contributed by atoms with Gasteiger partial charge in [0.25, 0.3) is 0 Å². The first kappa shape index (κ1) is 15.0. The highest BCUT2D eigenvalue weighted by atomic mass is 79.9. The molecule has 0 aliphatic heterocycles. The minimum atomic E-state index is 0.531. The molecule has 1 heterocycles. The molecule has 1 aliphatic carbocycles. The summed E-state index contributed by atoms with van der Waals surface area (Å²) in [4.78, 5) is 1.45. The number of hydrogen-bond acceptors (Lipinski definition) is 2. The largest absolute Gasteiger partial charge is 0.310 e. The normalized spacial score (nSPS) is 18.4. The van der Waals surface area contributed by atoms with E-state index in [1.54, 1.807) is 0 Å². The van der Waals surface area contributed by atoms with Crippen LogP contribution in [-0.4, -0.2) is 6.54 Å². The Bertz CT molecular complexity index is 352. The van der Waals surface area contributed by atoms with E-state index >= 15 is 0 Å². The Morgan fingerprint density at radius 2 is 2.11 bits per heavy atom. The summed E-state index contributed by atoms with van der Waals surface area (Å²) in [7, 11) is 0. The second-order valence-corrected chi connectivity index (χ2v) is 8.36. The number of thiophene rings is 1. The first-order chi connectivity index (χ1) is 8.70. The molecule has 1 N–H and O–H groups in total. The van der Waals surface area contributed by atoms with Crippen LogP contribution in [0.4, 0.5) is 0 Å². The zero-order valence-electron chi connectivity index (χ0n) is 10.8. The van der Waals surface area contributed by atoms with Crippen molar-refractivity contribution >= 4 is 43.2 Å². The minimum Gasteiger partial charge on any atom is -0.310 e. The highest BCUT2D eigenvalue weighted by Gasteiger charge is 2.19. The van der Waals surface area contributed by atoms with E-state index in [0.717, 1.165) is 12.5 Å². The molecule has 102 valence electrons. The second-order valence-electron chi connectivity index (χ2n) is 5.11. The molecule has 4 heteroatoms. The summed E-state index contributed by atoms with van der Waals surface area (Å²) >= 11 is 9.04. The fourth-order valence-corrected chi connectivity index (χ4v) is 5.03. The fourth-order valence-electron chi connectivity index (χ4n) is 2.83. The Morgan fingerprint density at radius 3 is 2.67 bits per heavy atom. The van der Waals surface area contributed by atoms with Crippen molar-refractivity contribution in [2.45, 2.75) is 51.5 Å². The lowest BCUT2D eigenvalue weighted by molar-refractivity contribution is 0.420. The van der Waals surface area contributed by atoms with Crippen molar-refractivity contribution < 1.29 is 0 Å². The zero-order valence-corrected chi connectivity index (χ0v) is 14.8. The van der Waals surface area contributed by atoms with Crippen LogP contribution >= 0.6 is 43.2 Å². The lowest BCUT2D eigenvalue weighted by Gasteiger charge is -2.18. The van der Waals surface area contributed by atoms with E-state index < -0.39 is 0 Å². The average molecular weight is 395 g/mol. The molecule has 0 saturated heterocycles. The summed E-state index contributed by atoms with van der Waals surface area (Å²) in [6, 6.07) is 2.79. The monoisotopic (exact) mass is 393 g/mol. The molecule has 0 aromatic carbocycles. The molecule has 0 amide bonds. The molecule has 1 saturated carbocycles. The SMILES string of the molecule is CCNC(CCC1CCCC1)c1cc(Br)c(Br)s1. The maximum Gasteiger partial charge on any atom is 0.0843 e.